The van der Waals surface area contributed by atoms with E-state index in [1.807, 2.05) is 32.4 Å². The molecule has 1 unspecified atom stereocenters. The molecule has 0 saturated heterocycles. The van der Waals surface area contributed by atoms with Gasteiger partial charge in [-0.15, -0.1) is 0 Å². The van der Waals surface area contributed by atoms with Crippen molar-refractivity contribution in [1.29, 1.82) is 0 Å². The van der Waals surface area contributed by atoms with Gasteiger partial charge in [0, 0.05) is 0 Å². The third-order valence-electron chi connectivity index (χ3n) is 4.08. The van der Waals surface area contributed by atoms with Crippen LogP contribution in [0.15, 0.2) is 24.4 Å². The Morgan fingerprint density at radius 3 is 2.70 bits per heavy atom. The molecule has 1 aromatic carbocycles. The number of rotatable bonds is 5. The molecule has 0 aliphatic carbocycles. The van der Waals surface area contributed by atoms with Crippen molar-refractivity contribution in [1.82, 2.24) is 9.78 Å². The van der Waals surface area contributed by atoms with Crippen LogP contribution in [-0.2, 0) is 4.79 Å². The van der Waals surface area contributed by atoms with E-state index in [1.54, 1.807) is 6.20 Å². The Morgan fingerprint density at radius 2 is 2.04 bits per heavy atom. The predicted molar refractivity (Wildman–Crippen MR) is 91.9 cm³/mol. The van der Waals surface area contributed by atoms with Crippen molar-refractivity contribution >= 4 is 11.6 Å². The first-order chi connectivity index (χ1) is 10.8. The van der Waals surface area contributed by atoms with Crippen molar-refractivity contribution in [3.63, 3.8) is 0 Å². The van der Waals surface area contributed by atoms with E-state index in [0.717, 1.165) is 28.9 Å². The van der Waals surface area contributed by atoms with Crippen molar-refractivity contribution in [2.24, 2.45) is 0 Å². The number of hydrogen-bond acceptors (Lipinski definition) is 3. The number of benzene rings is 1. The number of hydrogen-bond donors (Lipinski definition) is 2. The topological polar surface area (TPSA) is 67.2 Å². The van der Waals surface area contributed by atoms with Gasteiger partial charge in [-0.1, -0.05) is 25.5 Å². The molecule has 1 aromatic heterocycles. The molecule has 0 spiro atoms. The number of aryl methyl sites for hydroxylation is 2. The van der Waals surface area contributed by atoms with Crippen LogP contribution in [0.3, 0.4) is 0 Å². The summed E-state index contributed by atoms with van der Waals surface area (Å²) in [6.45, 7) is 9.44. The molecule has 1 heterocycles. The van der Waals surface area contributed by atoms with E-state index in [2.05, 4.69) is 28.6 Å². The quantitative estimate of drug-likeness (QED) is 0.889. The summed E-state index contributed by atoms with van der Waals surface area (Å²) in [5, 5.41) is 17.4. The maximum atomic E-state index is 12.2. The van der Waals surface area contributed by atoms with Crippen LogP contribution in [-0.4, -0.2) is 26.4 Å². The Hall–Kier alpha value is -2.14. The molecular formula is C18H25N3O2. The van der Waals surface area contributed by atoms with Crippen LogP contribution < -0.4 is 5.32 Å². The molecule has 5 heteroatoms. The summed E-state index contributed by atoms with van der Waals surface area (Å²) in [5.41, 5.74) is 3.33. The molecule has 0 bridgehead atoms. The molecular weight excluding hydrogens is 290 g/mol. The van der Waals surface area contributed by atoms with Crippen LogP contribution in [0.25, 0.3) is 5.69 Å². The highest BCUT2D eigenvalue weighted by Crippen LogP contribution is 2.23. The first kappa shape index (κ1) is 17.2. The number of carbonyl (C=O) groups excluding carboxylic acids is 1. The summed E-state index contributed by atoms with van der Waals surface area (Å²) in [4.78, 5) is 12.2. The highest BCUT2D eigenvalue weighted by molar-refractivity contribution is 5.97. The maximum absolute atomic E-state index is 12.2. The average molecular weight is 315 g/mol. The SMILES string of the molecule is CCCC(C)(O)C(=O)Nc1cnn(-c2cc(C)ccc2C)c1C. The maximum Gasteiger partial charge on any atom is 0.256 e. The second-order valence-corrected chi connectivity index (χ2v) is 6.32. The minimum atomic E-state index is -1.37. The van der Waals surface area contributed by atoms with E-state index in [0.29, 0.717) is 12.1 Å². The van der Waals surface area contributed by atoms with Gasteiger partial charge in [-0.05, 0) is 51.3 Å². The summed E-state index contributed by atoms with van der Waals surface area (Å²) < 4.78 is 1.81. The van der Waals surface area contributed by atoms with Crippen molar-refractivity contribution in [2.45, 2.75) is 53.1 Å². The lowest BCUT2D eigenvalue weighted by atomic mass is 10.00. The molecule has 0 fully saturated rings. The van der Waals surface area contributed by atoms with Gasteiger partial charge < -0.3 is 10.4 Å². The van der Waals surface area contributed by atoms with Gasteiger partial charge in [-0.2, -0.15) is 5.10 Å². The van der Waals surface area contributed by atoms with Crippen LogP contribution in [0.2, 0.25) is 0 Å². The minimum absolute atomic E-state index is 0.400. The molecule has 1 amide bonds. The number of aromatic nitrogens is 2. The summed E-state index contributed by atoms with van der Waals surface area (Å²) in [7, 11) is 0. The fourth-order valence-electron chi connectivity index (χ4n) is 2.58. The van der Waals surface area contributed by atoms with Gasteiger partial charge in [-0.25, -0.2) is 4.68 Å². The molecule has 5 nitrogen and oxygen atoms in total. The Morgan fingerprint density at radius 1 is 1.35 bits per heavy atom. The number of nitrogens with one attached hydrogen (secondary N) is 1. The second-order valence-electron chi connectivity index (χ2n) is 6.32. The highest BCUT2D eigenvalue weighted by Gasteiger charge is 2.29. The number of nitrogens with zero attached hydrogens (tertiary/aromatic N) is 2. The van der Waals surface area contributed by atoms with E-state index in [-0.39, 0.29) is 0 Å². The molecule has 124 valence electrons. The molecule has 2 rings (SSSR count). The lowest BCUT2D eigenvalue weighted by Gasteiger charge is -2.21. The van der Waals surface area contributed by atoms with Gasteiger partial charge >= 0.3 is 0 Å². The molecule has 2 aromatic rings. The lowest BCUT2D eigenvalue weighted by Crippen LogP contribution is -2.39. The molecule has 0 radical (unpaired) electrons. The van der Waals surface area contributed by atoms with E-state index in [4.69, 9.17) is 0 Å². The van der Waals surface area contributed by atoms with Crippen LogP contribution in [0.4, 0.5) is 5.69 Å². The van der Waals surface area contributed by atoms with Crippen LogP contribution in [0.5, 0.6) is 0 Å². The molecule has 1 atom stereocenters. The van der Waals surface area contributed by atoms with E-state index in [9.17, 15) is 9.90 Å². The third kappa shape index (κ3) is 3.62. The zero-order chi connectivity index (χ0) is 17.2. The first-order valence-corrected chi connectivity index (χ1v) is 7.92. The third-order valence-corrected chi connectivity index (χ3v) is 4.08. The van der Waals surface area contributed by atoms with Crippen LogP contribution in [0, 0.1) is 20.8 Å². The summed E-state index contributed by atoms with van der Waals surface area (Å²) in [6, 6.07) is 6.17. The van der Waals surface area contributed by atoms with Crippen molar-refractivity contribution in [2.75, 3.05) is 5.32 Å². The highest BCUT2D eigenvalue weighted by atomic mass is 16.3. The molecule has 0 saturated carbocycles. The van der Waals surface area contributed by atoms with Gasteiger partial charge in [0.1, 0.15) is 5.60 Å². The van der Waals surface area contributed by atoms with Gasteiger partial charge in [0.2, 0.25) is 0 Å². The number of anilines is 1. The zero-order valence-corrected chi connectivity index (χ0v) is 14.5. The lowest BCUT2D eigenvalue weighted by molar-refractivity contribution is -0.133. The Labute approximate surface area is 137 Å². The number of amides is 1. The summed E-state index contributed by atoms with van der Waals surface area (Å²) in [5.74, 6) is -0.400. The number of aliphatic hydroxyl groups is 1. The largest absolute Gasteiger partial charge is 0.380 e. The van der Waals surface area contributed by atoms with E-state index in [1.165, 1.54) is 6.92 Å². The molecule has 0 aliphatic heterocycles. The Kier molecular flexibility index (Phi) is 4.90. The average Bonchev–Trinajstić information content (AvgIpc) is 2.83. The smallest absolute Gasteiger partial charge is 0.256 e. The van der Waals surface area contributed by atoms with E-state index < -0.39 is 11.5 Å². The van der Waals surface area contributed by atoms with Gasteiger partial charge in [-0.3, -0.25) is 4.79 Å². The van der Waals surface area contributed by atoms with E-state index >= 15 is 0 Å². The van der Waals surface area contributed by atoms with Gasteiger partial charge in [0.15, 0.2) is 0 Å². The Bertz CT molecular complexity index is 717. The summed E-state index contributed by atoms with van der Waals surface area (Å²) in [6.07, 6.45) is 2.78. The fraction of sp³-hybridized carbons (Fsp3) is 0.444. The first-order valence-electron chi connectivity index (χ1n) is 7.92. The van der Waals surface area contributed by atoms with Crippen LogP contribution >= 0.6 is 0 Å². The van der Waals surface area contributed by atoms with Gasteiger partial charge in [0.05, 0.1) is 23.3 Å². The van der Waals surface area contributed by atoms with Crippen molar-refractivity contribution in [3.05, 3.63) is 41.2 Å². The van der Waals surface area contributed by atoms with Crippen LogP contribution in [0.1, 0.15) is 43.5 Å². The summed E-state index contributed by atoms with van der Waals surface area (Å²) >= 11 is 0. The Balaban J connectivity index is 2.30. The number of carbonyl (C=O) groups is 1. The predicted octanol–water partition coefficient (Wildman–Crippen LogP) is 3.29. The molecule has 23 heavy (non-hydrogen) atoms. The van der Waals surface area contributed by atoms with Crippen molar-refractivity contribution in [3.8, 4) is 5.69 Å². The second kappa shape index (κ2) is 6.54. The standard InChI is InChI=1S/C18H25N3O2/c1-6-9-18(5,23)17(22)20-15-11-19-21(14(15)4)16-10-12(2)7-8-13(16)3/h7-8,10-11,23H,6,9H2,1-5H3,(H,20,22). The fourth-order valence-corrected chi connectivity index (χ4v) is 2.58. The molecule has 0 aliphatic rings. The zero-order valence-electron chi connectivity index (χ0n) is 14.5. The monoisotopic (exact) mass is 315 g/mol. The normalized spacial score (nSPS) is 13.7. The minimum Gasteiger partial charge on any atom is -0.380 e. The van der Waals surface area contributed by atoms with Gasteiger partial charge in [0.25, 0.3) is 5.91 Å². The molecule has 2 N–H and O–H groups in total. The van der Waals surface area contributed by atoms with Crippen molar-refractivity contribution < 1.29 is 9.90 Å².